The molecule has 5 nitrogen and oxygen atoms in total. The average Bonchev–Trinajstić information content (AvgIpc) is 2.38. The van der Waals surface area contributed by atoms with Crippen LogP contribution in [-0.4, -0.2) is 25.0 Å². The van der Waals surface area contributed by atoms with E-state index in [1.165, 1.54) is 7.11 Å². The van der Waals surface area contributed by atoms with Crippen molar-refractivity contribution in [3.05, 3.63) is 23.8 Å². The Kier molecular flexibility index (Phi) is 5.36. The van der Waals surface area contributed by atoms with Gasteiger partial charge in [0.25, 0.3) is 0 Å². The minimum atomic E-state index is -0.691. The summed E-state index contributed by atoms with van der Waals surface area (Å²) < 4.78 is 5.14. The van der Waals surface area contributed by atoms with Crippen LogP contribution < -0.4 is 15.4 Å². The Labute approximate surface area is 113 Å². The van der Waals surface area contributed by atoms with Crippen LogP contribution in [0.1, 0.15) is 25.8 Å². The molecule has 1 aromatic carbocycles. The van der Waals surface area contributed by atoms with Crippen molar-refractivity contribution in [1.29, 1.82) is 0 Å². The first-order valence-corrected chi connectivity index (χ1v) is 6.24. The molecule has 0 fully saturated rings. The van der Waals surface area contributed by atoms with Crippen LogP contribution in [0.5, 0.6) is 5.75 Å². The summed E-state index contributed by atoms with van der Waals surface area (Å²) in [5.74, 6) is -0.808. The van der Waals surface area contributed by atoms with Crippen LogP contribution in [0.15, 0.2) is 18.2 Å². The zero-order valence-electron chi connectivity index (χ0n) is 11.7. The molecule has 0 saturated heterocycles. The van der Waals surface area contributed by atoms with E-state index in [1.807, 2.05) is 26.8 Å². The summed E-state index contributed by atoms with van der Waals surface area (Å²) in [5.41, 5.74) is 1.46. The summed E-state index contributed by atoms with van der Waals surface area (Å²) in [5, 5.41) is 5.17. The smallest absolute Gasteiger partial charge is 0.313 e. The first-order valence-electron chi connectivity index (χ1n) is 6.24. The molecule has 0 aliphatic carbocycles. The van der Waals surface area contributed by atoms with Crippen LogP contribution in [0.25, 0.3) is 0 Å². The lowest BCUT2D eigenvalue weighted by Gasteiger charge is -2.13. The van der Waals surface area contributed by atoms with Crippen molar-refractivity contribution < 1.29 is 14.3 Å². The van der Waals surface area contributed by atoms with Gasteiger partial charge < -0.3 is 15.4 Å². The summed E-state index contributed by atoms with van der Waals surface area (Å²) >= 11 is 0. The molecule has 19 heavy (non-hydrogen) atoms. The van der Waals surface area contributed by atoms with E-state index in [0.29, 0.717) is 11.4 Å². The van der Waals surface area contributed by atoms with Crippen molar-refractivity contribution in [2.24, 2.45) is 0 Å². The zero-order valence-corrected chi connectivity index (χ0v) is 11.7. The highest BCUT2D eigenvalue weighted by molar-refractivity contribution is 6.39. The summed E-state index contributed by atoms with van der Waals surface area (Å²) in [6, 6.07) is 5.34. The quantitative estimate of drug-likeness (QED) is 0.816. The van der Waals surface area contributed by atoms with Gasteiger partial charge in [-0.1, -0.05) is 13.0 Å². The number of carbonyl (C=O) groups excluding carboxylic acids is 2. The standard InChI is InChI=1S/C14H20N2O3/c1-5-10(3)15-13(17)14(18)16-11-8-9(2)6-7-12(11)19-4/h6-8,10H,5H2,1-4H3,(H,15,17)(H,16,18). The maximum Gasteiger partial charge on any atom is 0.313 e. The average molecular weight is 264 g/mol. The summed E-state index contributed by atoms with van der Waals surface area (Å²) in [7, 11) is 1.51. The summed E-state index contributed by atoms with van der Waals surface area (Å²) in [6.07, 6.45) is 0.771. The lowest BCUT2D eigenvalue weighted by molar-refractivity contribution is -0.136. The SMILES string of the molecule is CCC(C)NC(=O)C(=O)Nc1cc(C)ccc1OC. The number of carbonyl (C=O) groups is 2. The van der Waals surface area contributed by atoms with E-state index in [0.717, 1.165) is 12.0 Å². The second kappa shape index (κ2) is 6.78. The fraction of sp³-hybridized carbons (Fsp3) is 0.429. The molecule has 0 radical (unpaired) electrons. The van der Waals surface area contributed by atoms with E-state index in [-0.39, 0.29) is 6.04 Å². The number of hydrogen-bond acceptors (Lipinski definition) is 3. The van der Waals surface area contributed by atoms with Gasteiger partial charge in [0.15, 0.2) is 0 Å². The van der Waals surface area contributed by atoms with Gasteiger partial charge in [-0.05, 0) is 38.0 Å². The van der Waals surface area contributed by atoms with Gasteiger partial charge in [-0.15, -0.1) is 0 Å². The van der Waals surface area contributed by atoms with E-state index in [9.17, 15) is 9.59 Å². The van der Waals surface area contributed by atoms with Gasteiger partial charge in [0, 0.05) is 6.04 Å². The van der Waals surface area contributed by atoms with Gasteiger partial charge in [0.2, 0.25) is 0 Å². The van der Waals surface area contributed by atoms with Crippen molar-refractivity contribution >= 4 is 17.5 Å². The number of benzene rings is 1. The number of anilines is 1. The summed E-state index contributed by atoms with van der Waals surface area (Å²) in [6.45, 7) is 5.68. The van der Waals surface area contributed by atoms with E-state index in [1.54, 1.807) is 12.1 Å². The van der Waals surface area contributed by atoms with Gasteiger partial charge in [0.1, 0.15) is 5.75 Å². The molecule has 2 N–H and O–H groups in total. The third kappa shape index (κ3) is 4.28. The van der Waals surface area contributed by atoms with Gasteiger partial charge in [-0.25, -0.2) is 0 Å². The Morgan fingerprint density at radius 2 is 2.00 bits per heavy atom. The molecule has 0 aliphatic heterocycles. The van der Waals surface area contributed by atoms with Gasteiger partial charge in [-0.3, -0.25) is 9.59 Å². The molecule has 0 bridgehead atoms. The number of rotatable bonds is 4. The van der Waals surface area contributed by atoms with Crippen molar-refractivity contribution in [2.45, 2.75) is 33.2 Å². The predicted molar refractivity (Wildman–Crippen MR) is 74.3 cm³/mol. The fourth-order valence-corrected chi connectivity index (χ4v) is 1.49. The molecule has 1 unspecified atom stereocenters. The molecule has 0 aromatic heterocycles. The second-order valence-electron chi connectivity index (χ2n) is 4.44. The number of nitrogens with one attached hydrogen (secondary N) is 2. The largest absolute Gasteiger partial charge is 0.495 e. The van der Waals surface area contributed by atoms with Crippen LogP contribution in [-0.2, 0) is 9.59 Å². The van der Waals surface area contributed by atoms with Crippen LogP contribution in [0.4, 0.5) is 5.69 Å². The molecule has 0 spiro atoms. The molecule has 2 amide bonds. The fourth-order valence-electron chi connectivity index (χ4n) is 1.49. The Hall–Kier alpha value is -2.04. The summed E-state index contributed by atoms with van der Waals surface area (Å²) in [4.78, 5) is 23.4. The molecule has 1 atom stereocenters. The number of methoxy groups -OCH3 is 1. The number of amides is 2. The third-order valence-electron chi connectivity index (χ3n) is 2.80. The monoisotopic (exact) mass is 264 g/mol. The van der Waals surface area contributed by atoms with Crippen LogP contribution in [0.3, 0.4) is 0 Å². The number of hydrogen-bond donors (Lipinski definition) is 2. The molecule has 104 valence electrons. The van der Waals surface area contributed by atoms with Crippen LogP contribution in [0.2, 0.25) is 0 Å². The predicted octanol–water partition coefficient (Wildman–Crippen LogP) is 1.86. The molecule has 1 aromatic rings. The lowest BCUT2D eigenvalue weighted by Crippen LogP contribution is -2.40. The van der Waals surface area contributed by atoms with Crippen molar-refractivity contribution in [1.82, 2.24) is 5.32 Å². The highest BCUT2D eigenvalue weighted by atomic mass is 16.5. The molecule has 5 heteroatoms. The van der Waals surface area contributed by atoms with Crippen LogP contribution >= 0.6 is 0 Å². The number of aryl methyl sites for hydroxylation is 1. The normalized spacial score (nSPS) is 11.6. The van der Waals surface area contributed by atoms with Gasteiger partial charge >= 0.3 is 11.8 Å². The highest BCUT2D eigenvalue weighted by Gasteiger charge is 2.17. The molecule has 0 aliphatic rings. The van der Waals surface area contributed by atoms with Crippen LogP contribution in [0, 0.1) is 6.92 Å². The van der Waals surface area contributed by atoms with Crippen molar-refractivity contribution in [3.63, 3.8) is 0 Å². The Morgan fingerprint density at radius 1 is 1.32 bits per heavy atom. The Balaban J connectivity index is 2.76. The number of ether oxygens (including phenoxy) is 1. The molecule has 1 rings (SSSR count). The van der Waals surface area contributed by atoms with Gasteiger partial charge in [0.05, 0.1) is 12.8 Å². The second-order valence-corrected chi connectivity index (χ2v) is 4.44. The Bertz CT molecular complexity index is 472. The maximum atomic E-state index is 11.8. The first kappa shape index (κ1) is 15.0. The van der Waals surface area contributed by atoms with E-state index in [4.69, 9.17) is 4.74 Å². The minimum absolute atomic E-state index is 0.0299. The minimum Gasteiger partial charge on any atom is -0.495 e. The molecular formula is C14H20N2O3. The Morgan fingerprint density at radius 3 is 2.58 bits per heavy atom. The van der Waals surface area contributed by atoms with Gasteiger partial charge in [-0.2, -0.15) is 0 Å². The molecular weight excluding hydrogens is 244 g/mol. The molecule has 0 heterocycles. The lowest BCUT2D eigenvalue weighted by atomic mass is 10.2. The zero-order chi connectivity index (χ0) is 14.4. The third-order valence-corrected chi connectivity index (χ3v) is 2.80. The van der Waals surface area contributed by atoms with Crippen molar-refractivity contribution in [3.8, 4) is 5.75 Å². The maximum absolute atomic E-state index is 11.8. The molecule has 0 saturated carbocycles. The highest BCUT2D eigenvalue weighted by Crippen LogP contribution is 2.24. The topological polar surface area (TPSA) is 67.4 Å². The van der Waals surface area contributed by atoms with E-state index in [2.05, 4.69) is 10.6 Å². The van der Waals surface area contributed by atoms with Crippen molar-refractivity contribution in [2.75, 3.05) is 12.4 Å². The van der Waals surface area contributed by atoms with E-state index < -0.39 is 11.8 Å². The first-order chi connectivity index (χ1) is 8.97. The van der Waals surface area contributed by atoms with E-state index >= 15 is 0 Å².